The van der Waals surface area contributed by atoms with Gasteiger partial charge in [0.25, 0.3) is 0 Å². The SMILES string of the molecule is CCCc1ccc(-c2ccc(OC[C@H]3CC[C@H](CC)CC3)cc2F)cc1. The van der Waals surface area contributed by atoms with Gasteiger partial charge in [-0.05, 0) is 54.4 Å². The van der Waals surface area contributed by atoms with E-state index in [1.54, 1.807) is 0 Å². The van der Waals surface area contributed by atoms with Crippen molar-refractivity contribution < 1.29 is 9.13 Å². The van der Waals surface area contributed by atoms with Crippen molar-refractivity contribution in [2.75, 3.05) is 6.61 Å². The average molecular weight is 355 g/mol. The van der Waals surface area contributed by atoms with Crippen molar-refractivity contribution in [3.63, 3.8) is 0 Å². The van der Waals surface area contributed by atoms with Crippen LogP contribution in [0.1, 0.15) is 57.9 Å². The van der Waals surface area contributed by atoms with Crippen LogP contribution in [0.15, 0.2) is 42.5 Å². The summed E-state index contributed by atoms with van der Waals surface area (Å²) in [7, 11) is 0. The van der Waals surface area contributed by atoms with E-state index in [4.69, 9.17) is 4.74 Å². The summed E-state index contributed by atoms with van der Waals surface area (Å²) in [6, 6.07) is 13.5. The van der Waals surface area contributed by atoms with E-state index in [9.17, 15) is 4.39 Å². The fourth-order valence-electron chi connectivity index (χ4n) is 3.98. The number of benzene rings is 2. The van der Waals surface area contributed by atoms with E-state index >= 15 is 0 Å². The fourth-order valence-corrected chi connectivity index (χ4v) is 3.98. The van der Waals surface area contributed by atoms with Gasteiger partial charge in [0.2, 0.25) is 0 Å². The highest BCUT2D eigenvalue weighted by Crippen LogP contribution is 2.32. The molecule has 1 nitrogen and oxygen atoms in total. The Labute approximate surface area is 157 Å². The number of hydrogen-bond acceptors (Lipinski definition) is 1. The molecule has 0 aliphatic heterocycles. The lowest BCUT2D eigenvalue weighted by molar-refractivity contribution is 0.180. The van der Waals surface area contributed by atoms with E-state index in [-0.39, 0.29) is 5.82 Å². The van der Waals surface area contributed by atoms with Crippen molar-refractivity contribution in [3.8, 4) is 16.9 Å². The van der Waals surface area contributed by atoms with Gasteiger partial charge < -0.3 is 4.74 Å². The Kier molecular flexibility index (Phi) is 6.71. The summed E-state index contributed by atoms with van der Waals surface area (Å²) in [5.74, 6) is 1.95. The highest BCUT2D eigenvalue weighted by atomic mass is 19.1. The van der Waals surface area contributed by atoms with Crippen LogP contribution in [0.5, 0.6) is 5.75 Å². The molecule has 0 aromatic heterocycles. The molecule has 2 heteroatoms. The van der Waals surface area contributed by atoms with E-state index in [1.807, 2.05) is 24.3 Å². The van der Waals surface area contributed by atoms with E-state index in [0.717, 1.165) is 24.3 Å². The van der Waals surface area contributed by atoms with Gasteiger partial charge >= 0.3 is 0 Å². The molecule has 1 aliphatic rings. The van der Waals surface area contributed by atoms with Gasteiger partial charge in [0.15, 0.2) is 0 Å². The molecule has 0 amide bonds. The standard InChI is InChI=1S/C24H31FO/c1-3-5-19-10-12-21(13-11-19)23-15-14-22(16-24(23)25)26-17-20-8-6-18(4-2)7-9-20/h10-16,18,20H,3-9,17H2,1-2H3/t18-,20-. The van der Waals surface area contributed by atoms with Gasteiger partial charge in [0.05, 0.1) is 6.61 Å². The molecule has 2 aromatic carbocycles. The normalized spacial score (nSPS) is 20.1. The second-order valence-corrected chi connectivity index (χ2v) is 7.69. The van der Waals surface area contributed by atoms with E-state index in [2.05, 4.69) is 26.0 Å². The highest BCUT2D eigenvalue weighted by molar-refractivity contribution is 5.65. The van der Waals surface area contributed by atoms with Crippen LogP contribution < -0.4 is 4.74 Å². The topological polar surface area (TPSA) is 9.23 Å². The molecule has 1 fully saturated rings. The monoisotopic (exact) mass is 354 g/mol. The lowest BCUT2D eigenvalue weighted by Gasteiger charge is -2.27. The molecule has 0 spiro atoms. The van der Waals surface area contributed by atoms with E-state index in [0.29, 0.717) is 23.8 Å². The molecular formula is C24H31FO. The molecular weight excluding hydrogens is 323 g/mol. The van der Waals surface area contributed by atoms with Crippen LogP contribution in [0.25, 0.3) is 11.1 Å². The van der Waals surface area contributed by atoms with Crippen molar-refractivity contribution in [3.05, 3.63) is 53.8 Å². The zero-order valence-electron chi connectivity index (χ0n) is 16.1. The van der Waals surface area contributed by atoms with Crippen molar-refractivity contribution in [2.24, 2.45) is 11.8 Å². The van der Waals surface area contributed by atoms with Crippen LogP contribution in [-0.2, 0) is 6.42 Å². The second kappa shape index (κ2) is 9.21. The number of halogens is 1. The smallest absolute Gasteiger partial charge is 0.134 e. The molecule has 1 aliphatic carbocycles. The Morgan fingerprint density at radius 2 is 1.62 bits per heavy atom. The van der Waals surface area contributed by atoms with Gasteiger partial charge in [0, 0.05) is 11.6 Å². The van der Waals surface area contributed by atoms with Crippen molar-refractivity contribution >= 4 is 0 Å². The molecule has 1 saturated carbocycles. The minimum Gasteiger partial charge on any atom is -0.493 e. The van der Waals surface area contributed by atoms with Crippen LogP contribution in [0.3, 0.4) is 0 Å². The van der Waals surface area contributed by atoms with Crippen molar-refractivity contribution in [2.45, 2.75) is 58.8 Å². The van der Waals surface area contributed by atoms with Gasteiger partial charge in [-0.1, -0.05) is 63.8 Å². The first kappa shape index (κ1) is 18.9. The molecule has 0 atom stereocenters. The summed E-state index contributed by atoms with van der Waals surface area (Å²) in [6.45, 7) is 5.16. The maximum atomic E-state index is 14.6. The van der Waals surface area contributed by atoms with E-state index in [1.165, 1.54) is 43.7 Å². The maximum absolute atomic E-state index is 14.6. The zero-order chi connectivity index (χ0) is 18.4. The molecule has 0 radical (unpaired) electrons. The predicted octanol–water partition coefficient (Wildman–Crippen LogP) is 7.04. The third kappa shape index (κ3) is 4.87. The first-order valence-electron chi connectivity index (χ1n) is 10.2. The summed E-state index contributed by atoms with van der Waals surface area (Å²) in [5.41, 5.74) is 2.87. The first-order chi connectivity index (χ1) is 12.7. The minimum absolute atomic E-state index is 0.208. The van der Waals surface area contributed by atoms with Crippen LogP contribution in [0, 0.1) is 17.7 Å². The molecule has 0 saturated heterocycles. The van der Waals surface area contributed by atoms with Gasteiger partial charge in [-0.2, -0.15) is 0 Å². The quantitative estimate of drug-likeness (QED) is 0.518. The van der Waals surface area contributed by atoms with Crippen LogP contribution >= 0.6 is 0 Å². The lowest BCUT2D eigenvalue weighted by atomic mass is 9.81. The third-order valence-electron chi connectivity index (χ3n) is 5.77. The Hall–Kier alpha value is -1.83. The number of aryl methyl sites for hydroxylation is 1. The number of ether oxygens (including phenoxy) is 1. The summed E-state index contributed by atoms with van der Waals surface area (Å²) >= 11 is 0. The van der Waals surface area contributed by atoms with Crippen molar-refractivity contribution in [1.82, 2.24) is 0 Å². The Morgan fingerprint density at radius 1 is 0.923 bits per heavy atom. The fraction of sp³-hybridized carbons (Fsp3) is 0.500. The van der Waals surface area contributed by atoms with Crippen LogP contribution in [0.4, 0.5) is 4.39 Å². The third-order valence-corrected chi connectivity index (χ3v) is 5.77. The van der Waals surface area contributed by atoms with Gasteiger partial charge in [-0.25, -0.2) is 4.39 Å². The molecule has 3 rings (SSSR count). The van der Waals surface area contributed by atoms with Gasteiger partial charge in [0.1, 0.15) is 11.6 Å². The highest BCUT2D eigenvalue weighted by Gasteiger charge is 2.20. The molecule has 0 unspecified atom stereocenters. The molecule has 2 aromatic rings. The average Bonchev–Trinajstić information content (AvgIpc) is 2.68. The summed E-state index contributed by atoms with van der Waals surface area (Å²) < 4.78 is 20.5. The molecule has 140 valence electrons. The summed E-state index contributed by atoms with van der Waals surface area (Å²) in [5, 5.41) is 0. The Bertz CT molecular complexity index is 684. The van der Waals surface area contributed by atoms with Crippen molar-refractivity contribution in [1.29, 1.82) is 0 Å². The van der Waals surface area contributed by atoms with Gasteiger partial charge in [-0.3, -0.25) is 0 Å². The predicted molar refractivity (Wildman–Crippen MR) is 107 cm³/mol. The lowest BCUT2D eigenvalue weighted by Crippen LogP contribution is -2.19. The van der Waals surface area contributed by atoms with Crippen LogP contribution in [-0.4, -0.2) is 6.61 Å². The molecule has 0 heterocycles. The number of rotatable bonds is 7. The van der Waals surface area contributed by atoms with Crippen LogP contribution in [0.2, 0.25) is 0 Å². The van der Waals surface area contributed by atoms with Gasteiger partial charge in [-0.15, -0.1) is 0 Å². The zero-order valence-corrected chi connectivity index (χ0v) is 16.1. The molecule has 0 N–H and O–H groups in total. The van der Waals surface area contributed by atoms with E-state index < -0.39 is 0 Å². The summed E-state index contributed by atoms with van der Waals surface area (Å²) in [6.07, 6.45) is 8.58. The largest absolute Gasteiger partial charge is 0.493 e. The second-order valence-electron chi connectivity index (χ2n) is 7.69. The summed E-state index contributed by atoms with van der Waals surface area (Å²) in [4.78, 5) is 0. The first-order valence-corrected chi connectivity index (χ1v) is 10.2. The minimum atomic E-state index is -0.208. The number of hydrogen-bond donors (Lipinski definition) is 0. The molecule has 26 heavy (non-hydrogen) atoms. The molecule has 0 bridgehead atoms. The Balaban J connectivity index is 1.59. The maximum Gasteiger partial charge on any atom is 0.134 e. The Morgan fingerprint density at radius 3 is 2.23 bits per heavy atom.